The van der Waals surface area contributed by atoms with Gasteiger partial charge in [0, 0.05) is 32.6 Å². The van der Waals surface area contributed by atoms with Crippen LogP contribution in [0.25, 0.3) is 0 Å². The van der Waals surface area contributed by atoms with Gasteiger partial charge in [0.1, 0.15) is 23.5 Å². The molecule has 0 unspecified atom stereocenters. The van der Waals surface area contributed by atoms with Crippen LogP contribution in [0.15, 0.2) is 18.2 Å². The largest absolute Gasteiger partial charge is 0.357 e. The average molecular weight is 448 g/mol. The van der Waals surface area contributed by atoms with E-state index in [1.165, 1.54) is 19.2 Å². The highest BCUT2D eigenvalue weighted by atomic mass is 19.1. The van der Waals surface area contributed by atoms with Crippen LogP contribution in [0.1, 0.15) is 54.8 Å². The molecule has 2 heterocycles. The molecular weight excluding hydrogens is 416 g/mol. The van der Waals surface area contributed by atoms with Crippen LogP contribution in [0, 0.1) is 17.0 Å². The van der Waals surface area contributed by atoms with E-state index in [0.29, 0.717) is 24.5 Å². The van der Waals surface area contributed by atoms with Gasteiger partial charge < -0.3 is 20.1 Å². The molecule has 0 saturated carbocycles. The van der Waals surface area contributed by atoms with Gasteiger partial charge in [-0.25, -0.2) is 13.8 Å². The Balaban J connectivity index is 2.00. The van der Waals surface area contributed by atoms with Crippen LogP contribution in [0.2, 0.25) is 0 Å². The first-order valence-electron chi connectivity index (χ1n) is 10.7. The molecule has 1 aliphatic rings. The van der Waals surface area contributed by atoms with E-state index in [1.807, 2.05) is 32.4 Å². The Morgan fingerprint density at radius 1 is 1.22 bits per heavy atom. The highest BCUT2D eigenvalue weighted by Crippen LogP contribution is 2.24. The monoisotopic (exact) mass is 447 g/mol. The van der Waals surface area contributed by atoms with Crippen LogP contribution in [-0.2, 0) is 24.3 Å². The van der Waals surface area contributed by atoms with Crippen molar-refractivity contribution < 1.29 is 18.4 Å². The molecule has 7 nitrogen and oxygen atoms in total. The minimum atomic E-state index is -0.751. The summed E-state index contributed by atoms with van der Waals surface area (Å²) in [5.74, 6) is -1.48. The number of hydrogen-bond donors (Lipinski definition) is 2. The van der Waals surface area contributed by atoms with Crippen molar-refractivity contribution in [1.29, 1.82) is 0 Å². The molecule has 1 atom stereocenters. The second-order valence-electron chi connectivity index (χ2n) is 9.37. The molecule has 0 radical (unpaired) electrons. The summed E-state index contributed by atoms with van der Waals surface area (Å²) in [4.78, 5) is 32.4. The van der Waals surface area contributed by atoms with Crippen LogP contribution in [0.3, 0.4) is 0 Å². The van der Waals surface area contributed by atoms with Crippen molar-refractivity contribution in [2.75, 3.05) is 20.6 Å². The SMILES string of the molecule is CNC(=O)[C@@H](NC(=O)c1nc(Cc2ccc(F)cc2F)n2c1CN(C)CCC2)C(C)(C)C. The first-order valence-corrected chi connectivity index (χ1v) is 10.7. The highest BCUT2D eigenvalue weighted by molar-refractivity contribution is 5.97. The number of rotatable bonds is 5. The van der Waals surface area contributed by atoms with Crippen LogP contribution < -0.4 is 10.6 Å². The molecular formula is C23H31F2N5O2. The summed E-state index contributed by atoms with van der Waals surface area (Å²) in [5.41, 5.74) is 0.754. The Morgan fingerprint density at radius 2 is 1.94 bits per heavy atom. The van der Waals surface area contributed by atoms with Crippen LogP contribution in [-0.4, -0.2) is 52.9 Å². The number of carbonyl (C=O) groups excluding carboxylic acids is 2. The zero-order chi connectivity index (χ0) is 23.6. The van der Waals surface area contributed by atoms with Crippen molar-refractivity contribution in [1.82, 2.24) is 25.1 Å². The van der Waals surface area contributed by atoms with Gasteiger partial charge in [0.25, 0.3) is 5.91 Å². The summed E-state index contributed by atoms with van der Waals surface area (Å²) in [7, 11) is 3.49. The third-order valence-electron chi connectivity index (χ3n) is 5.72. The third kappa shape index (κ3) is 5.15. The number of nitrogens with zero attached hydrogens (tertiary/aromatic N) is 3. The maximum Gasteiger partial charge on any atom is 0.272 e. The van der Waals surface area contributed by atoms with E-state index in [1.54, 1.807) is 0 Å². The van der Waals surface area contributed by atoms with Crippen molar-refractivity contribution in [2.45, 2.75) is 52.7 Å². The first-order chi connectivity index (χ1) is 15.0. The zero-order valence-corrected chi connectivity index (χ0v) is 19.3. The summed E-state index contributed by atoms with van der Waals surface area (Å²) in [6, 6.07) is 2.71. The number of fused-ring (bicyclic) bond motifs is 1. The Bertz CT molecular complexity index is 1010. The fourth-order valence-electron chi connectivity index (χ4n) is 3.97. The van der Waals surface area contributed by atoms with Crippen molar-refractivity contribution >= 4 is 11.8 Å². The predicted octanol–water partition coefficient (Wildman–Crippen LogP) is 2.48. The molecule has 32 heavy (non-hydrogen) atoms. The molecule has 0 fully saturated rings. The number of aromatic nitrogens is 2. The summed E-state index contributed by atoms with van der Waals surface area (Å²) in [6.45, 7) is 7.60. The number of hydrogen-bond acceptors (Lipinski definition) is 4. The predicted molar refractivity (Wildman–Crippen MR) is 117 cm³/mol. The zero-order valence-electron chi connectivity index (χ0n) is 19.3. The molecule has 0 saturated heterocycles. The summed E-state index contributed by atoms with van der Waals surface area (Å²) in [6.07, 6.45) is 0.983. The van der Waals surface area contributed by atoms with Gasteiger partial charge >= 0.3 is 0 Å². The van der Waals surface area contributed by atoms with Crippen LogP contribution in [0.5, 0.6) is 0 Å². The van der Waals surface area contributed by atoms with Gasteiger partial charge in [0.05, 0.1) is 5.69 Å². The standard InChI is InChI=1S/C23H31F2N5O2/c1-23(2,3)20(22(32)26-4)28-21(31)19-17-13-29(5)9-6-10-30(17)18(27-19)11-14-7-8-15(24)12-16(14)25/h7-8,12,20H,6,9-11,13H2,1-5H3,(H,26,32)(H,28,31)/t20-/m1/s1. The normalized spacial score (nSPS) is 15.6. The van der Waals surface area contributed by atoms with E-state index in [2.05, 4.69) is 20.5 Å². The van der Waals surface area contributed by atoms with Gasteiger partial charge in [-0.15, -0.1) is 0 Å². The molecule has 1 aromatic carbocycles. The van der Waals surface area contributed by atoms with Gasteiger partial charge in [-0.3, -0.25) is 9.59 Å². The summed E-state index contributed by atoms with van der Waals surface area (Å²) >= 11 is 0. The average Bonchev–Trinajstić information content (AvgIpc) is 2.91. The molecule has 2 amide bonds. The first kappa shape index (κ1) is 23.8. The molecule has 2 aromatic rings. The number of halogens is 2. The van der Waals surface area contributed by atoms with Crippen LogP contribution >= 0.6 is 0 Å². The summed E-state index contributed by atoms with van der Waals surface area (Å²) < 4.78 is 29.6. The fraction of sp³-hybridized carbons (Fsp3) is 0.522. The molecule has 0 bridgehead atoms. The minimum Gasteiger partial charge on any atom is -0.357 e. The maximum atomic E-state index is 14.3. The maximum absolute atomic E-state index is 14.3. The van der Waals surface area contributed by atoms with Crippen molar-refractivity contribution in [2.24, 2.45) is 5.41 Å². The second kappa shape index (κ2) is 9.36. The van der Waals surface area contributed by atoms with E-state index in [9.17, 15) is 18.4 Å². The quantitative estimate of drug-likeness (QED) is 0.738. The van der Waals surface area contributed by atoms with Gasteiger partial charge in [0.15, 0.2) is 5.69 Å². The third-order valence-corrected chi connectivity index (χ3v) is 5.72. The molecule has 174 valence electrons. The Morgan fingerprint density at radius 3 is 2.56 bits per heavy atom. The van der Waals surface area contributed by atoms with Gasteiger partial charge in [-0.05, 0) is 37.1 Å². The molecule has 0 spiro atoms. The second-order valence-corrected chi connectivity index (χ2v) is 9.37. The summed E-state index contributed by atoms with van der Waals surface area (Å²) in [5, 5.41) is 5.43. The lowest BCUT2D eigenvalue weighted by Gasteiger charge is -2.29. The number of amides is 2. The minimum absolute atomic E-state index is 0.133. The number of likely N-dealkylation sites (N-methyl/N-ethyl adjacent to an activating group) is 1. The van der Waals surface area contributed by atoms with Crippen molar-refractivity contribution in [3.8, 4) is 0 Å². The van der Waals surface area contributed by atoms with Crippen molar-refractivity contribution in [3.63, 3.8) is 0 Å². The lowest BCUT2D eigenvalue weighted by molar-refractivity contribution is -0.124. The highest BCUT2D eigenvalue weighted by Gasteiger charge is 2.34. The van der Waals surface area contributed by atoms with Gasteiger partial charge in [-0.1, -0.05) is 26.8 Å². The lowest BCUT2D eigenvalue weighted by atomic mass is 9.86. The van der Waals surface area contributed by atoms with E-state index < -0.39 is 29.0 Å². The lowest BCUT2D eigenvalue weighted by Crippen LogP contribution is -2.53. The molecule has 3 rings (SSSR count). The number of benzene rings is 1. The Hall–Kier alpha value is -2.81. The van der Waals surface area contributed by atoms with Gasteiger partial charge in [-0.2, -0.15) is 0 Å². The van der Waals surface area contributed by atoms with E-state index >= 15 is 0 Å². The molecule has 9 heteroatoms. The van der Waals surface area contributed by atoms with E-state index in [4.69, 9.17) is 0 Å². The number of carbonyl (C=O) groups is 2. The molecule has 0 aliphatic carbocycles. The van der Waals surface area contributed by atoms with Gasteiger partial charge in [0.2, 0.25) is 5.91 Å². The van der Waals surface area contributed by atoms with E-state index in [-0.39, 0.29) is 18.0 Å². The number of imidazole rings is 1. The molecule has 1 aromatic heterocycles. The van der Waals surface area contributed by atoms with Crippen molar-refractivity contribution in [3.05, 3.63) is 52.6 Å². The number of nitrogens with one attached hydrogen (secondary N) is 2. The topological polar surface area (TPSA) is 79.3 Å². The molecule has 1 aliphatic heterocycles. The smallest absolute Gasteiger partial charge is 0.272 e. The fourth-order valence-corrected chi connectivity index (χ4v) is 3.97. The Labute approximate surface area is 187 Å². The van der Waals surface area contributed by atoms with E-state index in [0.717, 1.165) is 24.7 Å². The van der Waals surface area contributed by atoms with Crippen LogP contribution in [0.4, 0.5) is 8.78 Å². The molecule has 2 N–H and O–H groups in total. The Kier molecular flexibility index (Phi) is 6.97.